The quantitative estimate of drug-likeness (QED) is 0.924. The summed E-state index contributed by atoms with van der Waals surface area (Å²) in [7, 11) is 0. The largest absolute Gasteiger partial charge is 0.467 e. The molecule has 3 heterocycles. The van der Waals surface area contributed by atoms with Gasteiger partial charge in [0.2, 0.25) is 5.91 Å². The number of carbonyl (C=O) groups excluding carboxylic acids is 1. The van der Waals surface area contributed by atoms with Gasteiger partial charge in [-0.2, -0.15) is 15.4 Å². The van der Waals surface area contributed by atoms with Crippen molar-refractivity contribution in [2.45, 2.75) is 51.0 Å². The van der Waals surface area contributed by atoms with Crippen LogP contribution in [0.5, 0.6) is 0 Å². The lowest BCUT2D eigenvalue weighted by atomic mass is 9.88. The van der Waals surface area contributed by atoms with Crippen LogP contribution in [0.4, 0.5) is 0 Å². The number of amides is 1. The first-order valence-electron chi connectivity index (χ1n) is 8.55. The maximum atomic E-state index is 13.2. The molecule has 0 bridgehead atoms. The van der Waals surface area contributed by atoms with Gasteiger partial charge in [-0.25, -0.2) is 0 Å². The van der Waals surface area contributed by atoms with E-state index in [0.29, 0.717) is 6.42 Å². The van der Waals surface area contributed by atoms with E-state index in [0.717, 1.165) is 55.8 Å². The zero-order chi connectivity index (χ0) is 15.6. The van der Waals surface area contributed by atoms with Crippen molar-refractivity contribution in [3.05, 3.63) is 35.5 Å². The second-order valence-electron chi connectivity index (χ2n) is 6.57. The van der Waals surface area contributed by atoms with Crippen molar-refractivity contribution in [2.24, 2.45) is 5.92 Å². The van der Waals surface area contributed by atoms with Crippen LogP contribution < -0.4 is 0 Å². The van der Waals surface area contributed by atoms with Gasteiger partial charge in [-0.1, -0.05) is 12.8 Å². The van der Waals surface area contributed by atoms with E-state index in [4.69, 9.17) is 4.42 Å². The molecule has 2 unspecified atom stereocenters. The molecular weight excluding hydrogens is 292 g/mol. The topological polar surface area (TPSA) is 75.0 Å². The average Bonchev–Trinajstić information content (AvgIpc) is 3.21. The predicted molar refractivity (Wildman–Crippen MR) is 83.5 cm³/mol. The minimum absolute atomic E-state index is 0.0168. The highest BCUT2D eigenvalue weighted by Crippen LogP contribution is 2.33. The van der Waals surface area contributed by atoms with Crippen LogP contribution in [0, 0.1) is 5.92 Å². The number of hydrogen-bond acceptors (Lipinski definition) is 4. The molecule has 0 saturated carbocycles. The smallest absolute Gasteiger partial charge is 0.226 e. The van der Waals surface area contributed by atoms with E-state index in [-0.39, 0.29) is 17.9 Å². The lowest BCUT2D eigenvalue weighted by molar-refractivity contribution is -0.138. The van der Waals surface area contributed by atoms with Crippen molar-refractivity contribution >= 4 is 5.91 Å². The highest BCUT2D eigenvalue weighted by Gasteiger charge is 2.35. The van der Waals surface area contributed by atoms with E-state index in [1.807, 2.05) is 12.1 Å². The van der Waals surface area contributed by atoms with Crippen molar-refractivity contribution in [2.75, 3.05) is 6.54 Å². The third-order valence-electron chi connectivity index (χ3n) is 5.13. The summed E-state index contributed by atoms with van der Waals surface area (Å²) in [5.41, 5.74) is 1.98. The van der Waals surface area contributed by atoms with E-state index in [1.54, 1.807) is 6.26 Å². The summed E-state index contributed by atoms with van der Waals surface area (Å²) in [6.45, 7) is 0.826. The van der Waals surface area contributed by atoms with Crippen LogP contribution in [0.15, 0.2) is 22.8 Å². The second-order valence-corrected chi connectivity index (χ2v) is 6.57. The Morgan fingerprint density at radius 1 is 1.22 bits per heavy atom. The third kappa shape index (κ3) is 2.78. The van der Waals surface area contributed by atoms with Crippen molar-refractivity contribution in [1.29, 1.82) is 0 Å². The van der Waals surface area contributed by atoms with Crippen LogP contribution >= 0.6 is 0 Å². The van der Waals surface area contributed by atoms with Crippen LogP contribution in [-0.4, -0.2) is 32.8 Å². The lowest BCUT2D eigenvalue weighted by Crippen LogP contribution is -2.40. The SMILES string of the molecule is O=C(C1CCc2n[nH]nc2C1)N1CCCCCC1c1ccco1. The van der Waals surface area contributed by atoms with E-state index < -0.39 is 0 Å². The summed E-state index contributed by atoms with van der Waals surface area (Å²) in [6.07, 6.45) is 8.48. The van der Waals surface area contributed by atoms with Crippen LogP contribution in [-0.2, 0) is 17.6 Å². The zero-order valence-electron chi connectivity index (χ0n) is 13.2. The molecule has 1 N–H and O–H groups in total. The molecule has 2 aromatic heterocycles. The molecule has 2 aliphatic rings. The van der Waals surface area contributed by atoms with Gasteiger partial charge in [-0.3, -0.25) is 4.79 Å². The summed E-state index contributed by atoms with van der Waals surface area (Å²) in [5.74, 6) is 1.18. The van der Waals surface area contributed by atoms with Gasteiger partial charge in [0, 0.05) is 18.9 Å². The molecule has 2 atom stereocenters. The Bertz CT molecular complexity index is 664. The van der Waals surface area contributed by atoms with Crippen LogP contribution in [0.3, 0.4) is 0 Å². The second kappa shape index (κ2) is 6.18. The van der Waals surface area contributed by atoms with E-state index in [1.165, 1.54) is 6.42 Å². The molecule has 4 rings (SSSR count). The number of fused-ring (bicyclic) bond motifs is 1. The molecule has 1 aliphatic carbocycles. The molecule has 2 aromatic rings. The fourth-order valence-electron chi connectivity index (χ4n) is 3.88. The number of nitrogens with one attached hydrogen (secondary N) is 1. The van der Waals surface area contributed by atoms with Gasteiger partial charge in [0.05, 0.1) is 23.7 Å². The van der Waals surface area contributed by atoms with Crippen molar-refractivity contribution in [3.63, 3.8) is 0 Å². The fraction of sp³-hybridized carbons (Fsp3) is 0.588. The van der Waals surface area contributed by atoms with Gasteiger partial charge in [0.15, 0.2) is 0 Å². The first-order chi connectivity index (χ1) is 11.3. The number of aromatic amines is 1. The minimum atomic E-state index is 0.0168. The molecule has 1 saturated heterocycles. The fourth-order valence-corrected chi connectivity index (χ4v) is 3.88. The Morgan fingerprint density at radius 3 is 3.00 bits per heavy atom. The summed E-state index contributed by atoms with van der Waals surface area (Å²) in [4.78, 5) is 15.2. The molecule has 0 spiro atoms. The molecule has 0 radical (unpaired) electrons. The molecule has 6 nitrogen and oxygen atoms in total. The summed E-state index contributed by atoms with van der Waals surface area (Å²) in [6, 6.07) is 3.98. The summed E-state index contributed by atoms with van der Waals surface area (Å²) in [5, 5.41) is 11.0. The van der Waals surface area contributed by atoms with Gasteiger partial charge in [-0.15, -0.1) is 0 Å². The number of H-pyrrole nitrogens is 1. The summed E-state index contributed by atoms with van der Waals surface area (Å²) < 4.78 is 5.62. The minimum Gasteiger partial charge on any atom is -0.467 e. The number of furan rings is 1. The molecule has 23 heavy (non-hydrogen) atoms. The maximum absolute atomic E-state index is 13.2. The molecule has 122 valence electrons. The van der Waals surface area contributed by atoms with Crippen LogP contribution in [0.1, 0.15) is 55.3 Å². The molecular formula is C17H22N4O2. The molecule has 1 amide bonds. The molecule has 6 heteroatoms. The zero-order valence-corrected chi connectivity index (χ0v) is 13.2. The van der Waals surface area contributed by atoms with Crippen molar-refractivity contribution in [3.8, 4) is 0 Å². The summed E-state index contributed by atoms with van der Waals surface area (Å²) >= 11 is 0. The van der Waals surface area contributed by atoms with Crippen molar-refractivity contribution in [1.82, 2.24) is 20.3 Å². The number of nitrogens with zero attached hydrogens (tertiary/aromatic N) is 3. The maximum Gasteiger partial charge on any atom is 0.226 e. The number of aromatic nitrogens is 3. The van der Waals surface area contributed by atoms with Gasteiger partial charge < -0.3 is 9.32 Å². The van der Waals surface area contributed by atoms with Crippen LogP contribution in [0.2, 0.25) is 0 Å². The number of rotatable bonds is 2. The normalized spacial score (nSPS) is 25.0. The Balaban J connectivity index is 1.55. The lowest BCUT2D eigenvalue weighted by Gasteiger charge is -2.33. The van der Waals surface area contributed by atoms with Gasteiger partial charge in [-0.05, 0) is 37.8 Å². The Hall–Kier alpha value is -2.11. The average molecular weight is 314 g/mol. The highest BCUT2D eigenvalue weighted by atomic mass is 16.3. The number of aryl methyl sites for hydroxylation is 1. The van der Waals surface area contributed by atoms with Gasteiger partial charge >= 0.3 is 0 Å². The Kier molecular flexibility index (Phi) is 3.89. The first kappa shape index (κ1) is 14.5. The number of likely N-dealkylation sites (tertiary alicyclic amines) is 1. The predicted octanol–water partition coefficient (Wildman–Crippen LogP) is 2.65. The number of carbonyl (C=O) groups is 1. The van der Waals surface area contributed by atoms with Gasteiger partial charge in [0.1, 0.15) is 5.76 Å². The monoisotopic (exact) mass is 314 g/mol. The Labute approximate surface area is 135 Å². The van der Waals surface area contributed by atoms with E-state index >= 15 is 0 Å². The van der Waals surface area contributed by atoms with Crippen LogP contribution in [0.25, 0.3) is 0 Å². The molecule has 1 aliphatic heterocycles. The Morgan fingerprint density at radius 2 is 2.13 bits per heavy atom. The standard InChI is InChI=1S/C17H22N4O2/c22-17(12-7-8-13-14(11-12)19-20-18-13)21-9-3-1-2-5-15(21)16-6-4-10-23-16/h4,6,10,12,15H,1-3,5,7-9,11H2,(H,18,19,20). The molecule has 1 fully saturated rings. The van der Waals surface area contributed by atoms with E-state index in [2.05, 4.69) is 20.3 Å². The van der Waals surface area contributed by atoms with Gasteiger partial charge in [0.25, 0.3) is 0 Å². The first-order valence-corrected chi connectivity index (χ1v) is 8.55. The highest BCUT2D eigenvalue weighted by molar-refractivity contribution is 5.80. The van der Waals surface area contributed by atoms with E-state index in [9.17, 15) is 4.79 Å². The number of hydrogen-bond donors (Lipinski definition) is 1. The van der Waals surface area contributed by atoms with Crippen molar-refractivity contribution < 1.29 is 9.21 Å². The third-order valence-corrected chi connectivity index (χ3v) is 5.13. The molecule has 0 aromatic carbocycles.